The topological polar surface area (TPSA) is 38.3 Å². The van der Waals surface area contributed by atoms with E-state index in [1.807, 2.05) is 30.3 Å². The predicted octanol–water partition coefficient (Wildman–Crippen LogP) is 5.12. The average Bonchev–Trinajstić information content (AvgIpc) is 2.60. The molecule has 1 heterocycles. The van der Waals surface area contributed by atoms with E-state index in [4.69, 9.17) is 27.9 Å². The van der Waals surface area contributed by atoms with Crippen molar-refractivity contribution in [2.75, 3.05) is 13.2 Å². The highest BCUT2D eigenvalue weighted by Crippen LogP contribution is 2.40. The van der Waals surface area contributed by atoms with E-state index in [9.17, 15) is 4.79 Å². The summed E-state index contributed by atoms with van der Waals surface area (Å²) in [7, 11) is 0. The lowest BCUT2D eigenvalue weighted by Gasteiger charge is -2.37. The summed E-state index contributed by atoms with van der Waals surface area (Å²) in [5.74, 6) is -0.0278. The van der Waals surface area contributed by atoms with Gasteiger partial charge in [0.1, 0.15) is 0 Å². The zero-order chi connectivity index (χ0) is 17.9. The van der Waals surface area contributed by atoms with Gasteiger partial charge in [0.2, 0.25) is 5.91 Å². The number of carbonyl (C=O) groups is 1. The van der Waals surface area contributed by atoms with Crippen LogP contribution in [0.1, 0.15) is 24.0 Å². The molecule has 1 fully saturated rings. The van der Waals surface area contributed by atoms with Gasteiger partial charge >= 0.3 is 0 Å². The first-order chi connectivity index (χ1) is 12.0. The van der Waals surface area contributed by atoms with E-state index in [0.717, 1.165) is 15.6 Å². The standard InChI is InChI=1S/C19H18BrCl2NO2/c20-14-3-1-2-13(10-14)12-23-18(24)19(6-8-25-9-7-19)16-5-4-15(21)11-17(16)22/h1-5,10-11H,6-9,12H2,(H,23,24). The van der Waals surface area contributed by atoms with Crippen LogP contribution < -0.4 is 5.32 Å². The summed E-state index contributed by atoms with van der Waals surface area (Å²) in [4.78, 5) is 13.1. The van der Waals surface area contributed by atoms with Gasteiger partial charge in [0.15, 0.2) is 0 Å². The summed E-state index contributed by atoms with van der Waals surface area (Å²) in [6.07, 6.45) is 1.19. The number of benzene rings is 2. The van der Waals surface area contributed by atoms with Crippen molar-refractivity contribution >= 4 is 45.0 Å². The van der Waals surface area contributed by atoms with Crippen molar-refractivity contribution < 1.29 is 9.53 Å². The Morgan fingerprint density at radius 2 is 1.92 bits per heavy atom. The van der Waals surface area contributed by atoms with Crippen molar-refractivity contribution in [1.29, 1.82) is 0 Å². The minimum absolute atomic E-state index is 0.0278. The Morgan fingerprint density at radius 1 is 1.16 bits per heavy atom. The lowest BCUT2D eigenvalue weighted by Crippen LogP contribution is -2.48. The Labute approximate surface area is 165 Å². The zero-order valence-electron chi connectivity index (χ0n) is 13.5. The molecule has 1 saturated heterocycles. The van der Waals surface area contributed by atoms with E-state index >= 15 is 0 Å². The molecule has 0 aliphatic carbocycles. The van der Waals surface area contributed by atoms with Gasteiger partial charge in [-0.1, -0.05) is 57.3 Å². The van der Waals surface area contributed by atoms with Crippen LogP contribution in [0.2, 0.25) is 10.0 Å². The molecule has 0 unspecified atom stereocenters. The van der Waals surface area contributed by atoms with Crippen LogP contribution in [-0.4, -0.2) is 19.1 Å². The second kappa shape index (κ2) is 8.09. The minimum Gasteiger partial charge on any atom is -0.381 e. The maximum atomic E-state index is 13.1. The zero-order valence-corrected chi connectivity index (χ0v) is 16.6. The molecule has 25 heavy (non-hydrogen) atoms. The van der Waals surface area contributed by atoms with Crippen molar-refractivity contribution in [1.82, 2.24) is 5.32 Å². The van der Waals surface area contributed by atoms with E-state index in [-0.39, 0.29) is 5.91 Å². The molecule has 2 aromatic carbocycles. The molecule has 0 spiro atoms. The molecule has 0 bridgehead atoms. The summed E-state index contributed by atoms with van der Waals surface area (Å²) in [5, 5.41) is 4.15. The van der Waals surface area contributed by atoms with Crippen LogP contribution >= 0.6 is 39.1 Å². The van der Waals surface area contributed by atoms with Crippen LogP contribution in [0.15, 0.2) is 46.9 Å². The lowest BCUT2D eigenvalue weighted by molar-refractivity contribution is -0.130. The Kier molecular flexibility index (Phi) is 6.05. The second-order valence-corrected chi connectivity index (χ2v) is 7.89. The second-order valence-electron chi connectivity index (χ2n) is 6.13. The summed E-state index contributed by atoms with van der Waals surface area (Å²) < 4.78 is 6.47. The highest BCUT2D eigenvalue weighted by molar-refractivity contribution is 9.10. The molecule has 0 atom stereocenters. The van der Waals surface area contributed by atoms with E-state index in [0.29, 0.717) is 42.6 Å². The Morgan fingerprint density at radius 3 is 2.60 bits per heavy atom. The van der Waals surface area contributed by atoms with Gasteiger partial charge in [-0.05, 0) is 48.2 Å². The third-order valence-electron chi connectivity index (χ3n) is 4.57. The highest BCUT2D eigenvalue weighted by Gasteiger charge is 2.42. The molecule has 2 aromatic rings. The third kappa shape index (κ3) is 4.20. The number of hydrogen-bond donors (Lipinski definition) is 1. The fourth-order valence-electron chi connectivity index (χ4n) is 3.21. The lowest BCUT2D eigenvalue weighted by atomic mass is 9.73. The first-order valence-electron chi connectivity index (χ1n) is 8.07. The molecular weight excluding hydrogens is 425 g/mol. The largest absolute Gasteiger partial charge is 0.381 e. The van der Waals surface area contributed by atoms with Crippen LogP contribution in [0.5, 0.6) is 0 Å². The highest BCUT2D eigenvalue weighted by atomic mass is 79.9. The molecule has 1 amide bonds. The number of halogens is 3. The molecule has 3 rings (SSSR count). The van der Waals surface area contributed by atoms with Crippen LogP contribution in [0.3, 0.4) is 0 Å². The molecule has 3 nitrogen and oxygen atoms in total. The van der Waals surface area contributed by atoms with E-state index in [2.05, 4.69) is 21.2 Å². The minimum atomic E-state index is -0.689. The number of rotatable bonds is 4. The van der Waals surface area contributed by atoms with Gasteiger partial charge in [-0.3, -0.25) is 4.79 Å². The van der Waals surface area contributed by atoms with Crippen LogP contribution in [0.25, 0.3) is 0 Å². The quantitative estimate of drug-likeness (QED) is 0.713. The first-order valence-corrected chi connectivity index (χ1v) is 9.62. The Hall–Kier alpha value is -1.07. The normalized spacial score (nSPS) is 16.4. The summed E-state index contributed by atoms with van der Waals surface area (Å²) >= 11 is 15.9. The molecule has 0 saturated carbocycles. The molecule has 132 valence electrons. The van der Waals surface area contributed by atoms with Gasteiger partial charge in [0, 0.05) is 34.3 Å². The van der Waals surface area contributed by atoms with E-state index < -0.39 is 5.41 Å². The van der Waals surface area contributed by atoms with Crippen LogP contribution in [0, 0.1) is 0 Å². The van der Waals surface area contributed by atoms with Crippen LogP contribution in [-0.2, 0) is 21.5 Å². The van der Waals surface area contributed by atoms with Crippen molar-refractivity contribution in [3.05, 3.63) is 68.1 Å². The molecule has 6 heteroatoms. The molecule has 1 N–H and O–H groups in total. The molecule has 1 aliphatic heterocycles. The number of amides is 1. The summed E-state index contributed by atoms with van der Waals surface area (Å²) in [5.41, 5.74) is 1.16. The molecule has 0 radical (unpaired) electrons. The SMILES string of the molecule is O=C(NCc1cccc(Br)c1)C1(c2ccc(Cl)cc2Cl)CCOCC1. The number of hydrogen-bond acceptors (Lipinski definition) is 2. The number of ether oxygens (including phenoxy) is 1. The van der Waals surface area contributed by atoms with Crippen molar-refractivity contribution in [3.63, 3.8) is 0 Å². The maximum absolute atomic E-state index is 13.1. The first kappa shape index (κ1) is 18.7. The van der Waals surface area contributed by atoms with Gasteiger partial charge in [0.25, 0.3) is 0 Å². The summed E-state index contributed by atoms with van der Waals surface area (Å²) in [6.45, 7) is 1.53. The fraction of sp³-hybridized carbons (Fsp3) is 0.316. The van der Waals surface area contributed by atoms with Crippen molar-refractivity contribution in [2.45, 2.75) is 24.8 Å². The van der Waals surface area contributed by atoms with E-state index in [1.54, 1.807) is 12.1 Å². The van der Waals surface area contributed by atoms with Gasteiger partial charge in [-0.15, -0.1) is 0 Å². The van der Waals surface area contributed by atoms with E-state index in [1.165, 1.54) is 0 Å². The maximum Gasteiger partial charge on any atom is 0.231 e. The van der Waals surface area contributed by atoms with Crippen molar-refractivity contribution in [2.24, 2.45) is 0 Å². The summed E-state index contributed by atoms with van der Waals surface area (Å²) in [6, 6.07) is 13.2. The smallest absolute Gasteiger partial charge is 0.231 e. The third-order valence-corrected chi connectivity index (χ3v) is 5.61. The van der Waals surface area contributed by atoms with Gasteiger partial charge < -0.3 is 10.1 Å². The van der Waals surface area contributed by atoms with Crippen LogP contribution in [0.4, 0.5) is 0 Å². The molecule has 0 aromatic heterocycles. The predicted molar refractivity (Wildman–Crippen MR) is 104 cm³/mol. The average molecular weight is 443 g/mol. The Bertz CT molecular complexity index is 776. The fourth-order valence-corrected chi connectivity index (χ4v) is 4.25. The van der Waals surface area contributed by atoms with Gasteiger partial charge in [-0.25, -0.2) is 0 Å². The van der Waals surface area contributed by atoms with Crippen molar-refractivity contribution in [3.8, 4) is 0 Å². The monoisotopic (exact) mass is 441 g/mol. The van der Waals surface area contributed by atoms with Gasteiger partial charge in [0.05, 0.1) is 5.41 Å². The number of nitrogens with one attached hydrogen (secondary N) is 1. The van der Waals surface area contributed by atoms with Gasteiger partial charge in [-0.2, -0.15) is 0 Å². The molecular formula is C19H18BrCl2NO2. The number of carbonyl (C=O) groups excluding carboxylic acids is 1. The Balaban J connectivity index is 1.85. The molecule has 1 aliphatic rings.